The second-order valence-electron chi connectivity index (χ2n) is 8.04. The zero-order valence-corrected chi connectivity index (χ0v) is 27.3. The van der Waals surface area contributed by atoms with E-state index in [0.717, 1.165) is 35.8 Å². The Morgan fingerprint density at radius 2 is 0.763 bits per heavy atom. The maximum atomic E-state index is 5.79. The Morgan fingerprint density at radius 3 is 1.11 bits per heavy atom. The van der Waals surface area contributed by atoms with E-state index in [0.29, 0.717) is 0 Å². The van der Waals surface area contributed by atoms with Crippen molar-refractivity contribution in [3.8, 4) is 23.0 Å². The molecule has 5 rings (SSSR count). The summed E-state index contributed by atoms with van der Waals surface area (Å²) in [5.41, 5.74) is 4.02. The van der Waals surface area contributed by atoms with Crippen LogP contribution in [0, 0.1) is 63.7 Å². The first-order chi connectivity index (χ1) is 17.2. The molecule has 0 aliphatic rings. The Morgan fingerprint density at radius 1 is 0.474 bits per heavy atom. The average molecular weight is 760 g/mol. The van der Waals surface area contributed by atoms with Gasteiger partial charge < -0.3 is 16.9 Å². The molecule has 5 aromatic rings. The third-order valence-electron chi connectivity index (χ3n) is 5.28. The summed E-state index contributed by atoms with van der Waals surface area (Å²) < 4.78 is 11.3. The third-order valence-corrected chi connectivity index (χ3v) is 5.28. The van der Waals surface area contributed by atoms with Gasteiger partial charge in [-0.3, -0.25) is 0 Å². The minimum atomic E-state index is 0. The van der Waals surface area contributed by atoms with Gasteiger partial charge in [-0.2, -0.15) is 54.6 Å². The number of aryl methyl sites for hydroxylation is 3. The monoisotopic (exact) mass is 759 g/mol. The van der Waals surface area contributed by atoms with Crippen molar-refractivity contribution in [2.45, 2.75) is 19.8 Å². The van der Waals surface area contributed by atoms with Gasteiger partial charge in [0.15, 0.2) is 0 Å². The molecule has 38 heavy (non-hydrogen) atoms. The average Bonchev–Trinajstić information content (AvgIpc) is 2.91. The predicted molar refractivity (Wildman–Crippen MR) is 147 cm³/mol. The van der Waals surface area contributed by atoms with Gasteiger partial charge in [-0.1, -0.05) is 42.0 Å². The predicted octanol–water partition coefficient (Wildman–Crippen LogP) is 8.90. The van der Waals surface area contributed by atoms with Crippen LogP contribution in [0.1, 0.15) is 16.7 Å². The molecule has 0 N–H and O–H groups in total. The molecule has 0 saturated carbocycles. The minimum absolute atomic E-state index is 0. The Kier molecular flexibility index (Phi) is 16.3. The van der Waals surface area contributed by atoms with Crippen molar-refractivity contribution in [1.29, 1.82) is 0 Å². The van der Waals surface area contributed by atoms with Crippen LogP contribution in [0.2, 0.25) is 0 Å². The minimum Gasteiger partial charge on any atom is -0.508 e. The SMILES string of the molecule is Cc1ccc(CCc2ccc(Oc3cc[c-]cc3)cc2)cc1.[CH3-].[U+2].[V+2].[c-]1ccc(Oc2cc[c-]cc2)cc1. The van der Waals surface area contributed by atoms with Gasteiger partial charge in [-0.25, -0.2) is 0 Å². The quantitative estimate of drug-likeness (QED) is 0.155. The fourth-order valence-electron chi connectivity index (χ4n) is 3.36. The fourth-order valence-corrected chi connectivity index (χ4v) is 3.36. The second kappa shape index (κ2) is 18.6. The van der Waals surface area contributed by atoms with Gasteiger partial charge >= 0.3 is 49.7 Å². The van der Waals surface area contributed by atoms with Crippen molar-refractivity contribution < 1.29 is 59.1 Å². The van der Waals surface area contributed by atoms with Gasteiger partial charge in [0.2, 0.25) is 0 Å². The van der Waals surface area contributed by atoms with E-state index in [9.17, 15) is 0 Å². The largest absolute Gasteiger partial charge is 2.00 e. The van der Waals surface area contributed by atoms with Gasteiger partial charge in [-0.05, 0) is 43.0 Å². The van der Waals surface area contributed by atoms with Crippen LogP contribution in [-0.2, 0) is 31.4 Å². The van der Waals surface area contributed by atoms with E-state index >= 15 is 0 Å². The molecule has 0 bridgehead atoms. The van der Waals surface area contributed by atoms with E-state index in [1.54, 1.807) is 0 Å². The number of benzene rings is 5. The van der Waals surface area contributed by atoms with E-state index in [4.69, 9.17) is 9.47 Å². The van der Waals surface area contributed by atoms with E-state index in [-0.39, 0.29) is 57.1 Å². The Hall–Kier alpha value is -2.66. The number of rotatable bonds is 7. The Bertz CT molecular complexity index is 1220. The molecule has 5 aromatic carbocycles. The molecular formula is C34H30O2UV. The normalized spacial score (nSPS) is 9.29. The van der Waals surface area contributed by atoms with E-state index in [2.05, 4.69) is 61.5 Å². The molecule has 0 aromatic heterocycles. The maximum absolute atomic E-state index is 5.79. The molecule has 0 aliphatic carbocycles. The van der Waals surface area contributed by atoms with Gasteiger partial charge in [0.1, 0.15) is 5.75 Å². The number of hydrogen-bond donors (Lipinski definition) is 0. The molecule has 0 unspecified atom stereocenters. The van der Waals surface area contributed by atoms with Crippen LogP contribution in [0.25, 0.3) is 0 Å². The standard InChI is InChI=1S/C21H19O.C12H8O.CH3.U.V/c1-17-7-9-18(10-8-17)11-12-19-13-15-21(16-14-19)22-20-5-3-2-4-6-20;1-3-7-11(8-4-1)13-12-9-5-2-6-10-12;;;/h3-10,13-16H,11-12H2,1H3;3-10H;1H3;;/q-1;-2;-1;2*+2. The van der Waals surface area contributed by atoms with Gasteiger partial charge in [0, 0.05) is 17.2 Å². The van der Waals surface area contributed by atoms with Crippen LogP contribution in [0.5, 0.6) is 23.0 Å². The Balaban J connectivity index is 0.000000391. The molecular weight excluding hydrogens is 729 g/mol. The van der Waals surface area contributed by atoms with E-state index in [1.165, 1.54) is 16.7 Å². The van der Waals surface area contributed by atoms with Crippen LogP contribution >= 0.6 is 0 Å². The van der Waals surface area contributed by atoms with Crippen LogP contribution in [0.3, 0.4) is 0 Å². The van der Waals surface area contributed by atoms with Gasteiger partial charge in [0.25, 0.3) is 0 Å². The molecule has 2 nitrogen and oxygen atoms in total. The van der Waals surface area contributed by atoms with Crippen molar-refractivity contribution in [2.75, 3.05) is 0 Å². The van der Waals surface area contributed by atoms with E-state index in [1.807, 2.05) is 84.9 Å². The summed E-state index contributed by atoms with van der Waals surface area (Å²) in [4.78, 5) is 0. The summed E-state index contributed by atoms with van der Waals surface area (Å²) in [7, 11) is 0. The van der Waals surface area contributed by atoms with Crippen LogP contribution in [0.15, 0.2) is 121 Å². The molecule has 4 heteroatoms. The van der Waals surface area contributed by atoms with Crippen molar-refractivity contribution in [3.63, 3.8) is 0 Å². The summed E-state index contributed by atoms with van der Waals surface area (Å²) in [6.45, 7) is 2.12. The van der Waals surface area contributed by atoms with Crippen LogP contribution in [0.4, 0.5) is 0 Å². The van der Waals surface area contributed by atoms with E-state index < -0.39 is 0 Å². The smallest absolute Gasteiger partial charge is 0.508 e. The molecule has 0 amide bonds. The van der Waals surface area contributed by atoms with Gasteiger partial charge in [-0.15, -0.1) is 36.4 Å². The molecule has 0 aliphatic heterocycles. The molecule has 0 heterocycles. The summed E-state index contributed by atoms with van der Waals surface area (Å²) in [6, 6.07) is 48.2. The molecule has 1 radical (unpaired) electrons. The molecule has 0 atom stereocenters. The molecule has 187 valence electrons. The van der Waals surface area contributed by atoms with Crippen LogP contribution < -0.4 is 9.47 Å². The summed E-state index contributed by atoms with van der Waals surface area (Å²) >= 11 is 0. The Labute approximate surface area is 263 Å². The molecule has 0 spiro atoms. The number of ether oxygens (including phenoxy) is 2. The van der Waals surface area contributed by atoms with Crippen molar-refractivity contribution >= 4 is 0 Å². The molecule has 0 saturated heterocycles. The third kappa shape index (κ3) is 11.8. The van der Waals surface area contributed by atoms with Crippen molar-refractivity contribution in [3.05, 3.63) is 164 Å². The fraction of sp³-hybridized carbons (Fsp3) is 0.0882. The summed E-state index contributed by atoms with van der Waals surface area (Å²) in [6.07, 6.45) is 2.11. The van der Waals surface area contributed by atoms with Gasteiger partial charge in [0.05, 0.1) is 0 Å². The molecule has 0 fully saturated rings. The number of hydrogen-bond acceptors (Lipinski definition) is 2. The maximum Gasteiger partial charge on any atom is 2.00 e. The zero-order chi connectivity index (χ0) is 24.1. The topological polar surface area (TPSA) is 18.5 Å². The second-order valence-corrected chi connectivity index (χ2v) is 8.04. The first-order valence-corrected chi connectivity index (χ1v) is 11.6. The first kappa shape index (κ1) is 33.4. The summed E-state index contributed by atoms with van der Waals surface area (Å²) in [5.74, 6) is 3.35. The summed E-state index contributed by atoms with van der Waals surface area (Å²) in [5, 5.41) is 0. The van der Waals surface area contributed by atoms with Crippen LogP contribution in [-0.4, -0.2) is 0 Å². The van der Waals surface area contributed by atoms with Crippen molar-refractivity contribution in [2.24, 2.45) is 0 Å². The van der Waals surface area contributed by atoms with Crippen molar-refractivity contribution in [1.82, 2.24) is 0 Å². The zero-order valence-electron chi connectivity index (χ0n) is 21.7. The first-order valence-electron chi connectivity index (χ1n) is 11.6.